The molecule has 0 heterocycles. The SMILES string of the molecule is [F-].[Na+].[Na+].[O-][Cl+3]([O-])([O-])[O-]. The maximum Gasteiger partial charge on any atom is 1.00 e. The Morgan fingerprint density at radius 3 is 0.750 bits per heavy atom. The van der Waals surface area contributed by atoms with Crippen molar-refractivity contribution in [3.05, 3.63) is 0 Å². The van der Waals surface area contributed by atoms with Crippen LogP contribution in [0.15, 0.2) is 0 Å². The van der Waals surface area contributed by atoms with Gasteiger partial charge < -0.3 is 4.70 Å². The first-order valence-electron chi connectivity index (χ1n) is 0.617. The van der Waals surface area contributed by atoms with Gasteiger partial charge in [-0.1, -0.05) is 0 Å². The van der Waals surface area contributed by atoms with E-state index in [1.165, 1.54) is 0 Å². The minimum Gasteiger partial charge on any atom is -1.00 e. The van der Waals surface area contributed by atoms with Gasteiger partial charge in [0.25, 0.3) is 0 Å². The molecule has 0 fully saturated rings. The van der Waals surface area contributed by atoms with Gasteiger partial charge in [0.15, 0.2) is 0 Å². The third-order valence-corrected chi connectivity index (χ3v) is 0. The second kappa shape index (κ2) is 9.06. The van der Waals surface area contributed by atoms with E-state index in [2.05, 4.69) is 0 Å². The van der Waals surface area contributed by atoms with Gasteiger partial charge in [-0.15, -0.1) is 10.2 Å². The Hall–Kier alpha value is 2.06. The first-order chi connectivity index (χ1) is 2.00. The van der Waals surface area contributed by atoms with E-state index in [0.717, 1.165) is 0 Å². The predicted octanol–water partition coefficient (Wildman–Crippen LogP) is -13.7. The Morgan fingerprint density at radius 1 is 0.750 bits per heavy atom. The number of hydrogen-bond acceptors (Lipinski definition) is 4. The molecule has 0 aliphatic carbocycles. The van der Waals surface area contributed by atoms with Crippen LogP contribution in [0.3, 0.4) is 0 Å². The first kappa shape index (κ1) is 22.5. The molecule has 0 unspecified atom stereocenters. The summed E-state index contributed by atoms with van der Waals surface area (Å²) in [5, 5.41) is 0. The van der Waals surface area contributed by atoms with Gasteiger partial charge in [-0.3, -0.25) is 0 Å². The number of rotatable bonds is 0. The summed E-state index contributed by atoms with van der Waals surface area (Å²) in [7, 11) is -4.94. The fourth-order valence-electron chi connectivity index (χ4n) is 0. The second-order valence-corrected chi connectivity index (χ2v) is 1.13. The Labute approximate surface area is 91.6 Å². The Balaban J connectivity index is -0.0000000267. The molecule has 8 heteroatoms. The van der Waals surface area contributed by atoms with Gasteiger partial charge in [0.2, 0.25) is 0 Å². The molecular weight excluding hydrogens is 164 g/mol. The van der Waals surface area contributed by atoms with Gasteiger partial charge >= 0.3 is 59.1 Å². The summed E-state index contributed by atoms with van der Waals surface area (Å²) in [4.78, 5) is 0. The molecule has 4 nitrogen and oxygen atoms in total. The molecule has 0 bridgehead atoms. The summed E-state index contributed by atoms with van der Waals surface area (Å²) in [6.45, 7) is 0. The largest absolute Gasteiger partial charge is 1.00 e. The van der Waals surface area contributed by atoms with Crippen molar-refractivity contribution in [3.63, 3.8) is 0 Å². The summed E-state index contributed by atoms with van der Waals surface area (Å²) in [5.74, 6) is 0. The fourth-order valence-corrected chi connectivity index (χ4v) is 0. The van der Waals surface area contributed by atoms with Gasteiger partial charge in [0.05, 0.1) is 0 Å². The van der Waals surface area contributed by atoms with Crippen molar-refractivity contribution in [3.8, 4) is 0 Å². The van der Waals surface area contributed by atoms with Crippen molar-refractivity contribution in [2.45, 2.75) is 0 Å². The van der Waals surface area contributed by atoms with Crippen LogP contribution in [-0.4, -0.2) is 0 Å². The molecule has 0 aromatic heterocycles. The molecule has 0 aliphatic rings. The van der Waals surface area contributed by atoms with Crippen LogP contribution in [0.4, 0.5) is 0 Å². The summed E-state index contributed by atoms with van der Waals surface area (Å²) in [6.07, 6.45) is 0. The van der Waals surface area contributed by atoms with Gasteiger partial charge in [-0.05, 0) is 0 Å². The van der Waals surface area contributed by atoms with Gasteiger partial charge in [0, 0.05) is 0 Å². The molecule has 0 radical (unpaired) electrons. The zero-order valence-electron chi connectivity index (χ0n) is 4.39. The predicted molar refractivity (Wildman–Crippen MR) is 0 cm³/mol. The standard InChI is InChI=1S/ClHO4.FH.2Na/c2-1(3,4)5;;;/h(H,2,3,4,5);1H;;/q;;2*+1/p-2. The van der Waals surface area contributed by atoms with E-state index in [1.54, 1.807) is 0 Å². The van der Waals surface area contributed by atoms with E-state index in [-0.39, 0.29) is 63.8 Å². The van der Waals surface area contributed by atoms with E-state index in [0.29, 0.717) is 0 Å². The molecule has 0 aromatic rings. The molecule has 8 heavy (non-hydrogen) atoms. The number of hydrogen-bond donors (Lipinski definition) is 0. The van der Waals surface area contributed by atoms with E-state index in [9.17, 15) is 0 Å². The average Bonchev–Trinajstić information content (AvgIpc) is 0.722. The monoisotopic (exact) mass is 164 g/mol. The van der Waals surface area contributed by atoms with Crippen LogP contribution in [0.1, 0.15) is 0 Å². The Kier molecular flexibility index (Phi) is 25.5. The molecule has 0 rings (SSSR count). The minimum atomic E-state index is -4.94. The average molecular weight is 164 g/mol. The summed E-state index contributed by atoms with van der Waals surface area (Å²) < 4.78 is 34.0. The van der Waals surface area contributed by atoms with Crippen molar-refractivity contribution >= 4 is 0 Å². The molecule has 0 saturated carbocycles. The van der Waals surface area contributed by atoms with E-state index in [1.807, 2.05) is 0 Å². The quantitative estimate of drug-likeness (QED) is 0.332. The van der Waals surface area contributed by atoms with Crippen LogP contribution in [0.2, 0.25) is 0 Å². The number of halogens is 2. The van der Waals surface area contributed by atoms with Gasteiger partial charge in [0.1, 0.15) is 0 Å². The van der Waals surface area contributed by atoms with E-state index < -0.39 is 10.2 Å². The van der Waals surface area contributed by atoms with Crippen LogP contribution in [0.25, 0.3) is 0 Å². The minimum absolute atomic E-state index is 0. The fraction of sp³-hybridized carbons (Fsp3) is 0. The second-order valence-electron chi connectivity index (χ2n) is 0.378. The summed E-state index contributed by atoms with van der Waals surface area (Å²) in [6, 6.07) is 0. The molecule has 0 spiro atoms. The summed E-state index contributed by atoms with van der Waals surface area (Å²) in [5.41, 5.74) is 0. The van der Waals surface area contributed by atoms with Gasteiger partial charge in [-0.25, -0.2) is 18.6 Å². The van der Waals surface area contributed by atoms with Crippen LogP contribution in [-0.2, 0) is 0 Å². The molecule has 0 amide bonds. The zero-order valence-corrected chi connectivity index (χ0v) is 9.14. The topological polar surface area (TPSA) is 92.2 Å². The molecule has 40 valence electrons. The van der Waals surface area contributed by atoms with Crippen molar-refractivity contribution in [2.75, 3.05) is 0 Å². The normalized spacial score (nSPS) is 7.50. The summed E-state index contributed by atoms with van der Waals surface area (Å²) >= 11 is 0. The maximum absolute atomic E-state index is 8.49. The smallest absolute Gasteiger partial charge is 1.00 e. The molecule has 0 saturated heterocycles. The van der Waals surface area contributed by atoms with Crippen LogP contribution < -0.4 is 82.5 Å². The Morgan fingerprint density at radius 2 is 0.750 bits per heavy atom. The van der Waals surface area contributed by atoms with E-state index in [4.69, 9.17) is 18.6 Å². The zero-order chi connectivity index (χ0) is 4.50. The molecule has 0 N–H and O–H groups in total. The van der Waals surface area contributed by atoms with Crippen LogP contribution in [0, 0.1) is 10.2 Å². The molecule has 0 aromatic carbocycles. The van der Waals surface area contributed by atoms with E-state index >= 15 is 0 Å². The maximum atomic E-state index is 8.49. The first-order valence-corrected chi connectivity index (χ1v) is 1.85. The van der Waals surface area contributed by atoms with Crippen molar-refractivity contribution < 1.29 is 92.7 Å². The molecule has 0 atom stereocenters. The Bertz CT molecular complexity index is 29.5. The van der Waals surface area contributed by atoms with Crippen LogP contribution >= 0.6 is 0 Å². The van der Waals surface area contributed by atoms with Gasteiger partial charge in [-0.2, -0.15) is 0 Å². The van der Waals surface area contributed by atoms with Crippen molar-refractivity contribution in [1.82, 2.24) is 0 Å². The molecular formula is ClFNa2O4. The van der Waals surface area contributed by atoms with Crippen molar-refractivity contribution in [1.29, 1.82) is 0 Å². The third kappa shape index (κ3) is 94.7. The third-order valence-electron chi connectivity index (χ3n) is 0. The van der Waals surface area contributed by atoms with Crippen molar-refractivity contribution in [2.24, 2.45) is 0 Å². The van der Waals surface area contributed by atoms with Crippen LogP contribution in [0.5, 0.6) is 0 Å². The molecule has 0 aliphatic heterocycles.